The quantitative estimate of drug-likeness (QED) is 0.353. The van der Waals surface area contributed by atoms with Gasteiger partial charge in [-0.05, 0) is 50.6 Å². The second-order valence-electron chi connectivity index (χ2n) is 10.8. The number of piperidine rings is 1. The van der Waals surface area contributed by atoms with Crippen molar-refractivity contribution in [2.24, 2.45) is 5.92 Å². The lowest BCUT2D eigenvalue weighted by molar-refractivity contribution is -0.143. The lowest BCUT2D eigenvalue weighted by Gasteiger charge is -2.42. The number of halogens is 2. The molecule has 1 saturated heterocycles. The average molecular weight is 608 g/mol. The topological polar surface area (TPSA) is 131 Å². The molecule has 2 fully saturated rings. The third kappa shape index (κ3) is 5.84. The maximum absolute atomic E-state index is 13.3. The summed E-state index contributed by atoms with van der Waals surface area (Å²) in [7, 11) is 2.05. The number of thiazole rings is 1. The van der Waals surface area contributed by atoms with Gasteiger partial charge in [0.1, 0.15) is 5.69 Å². The van der Waals surface area contributed by atoms with Crippen molar-refractivity contribution in [2.75, 3.05) is 26.7 Å². The first-order valence-electron chi connectivity index (χ1n) is 13.3. The largest absolute Gasteiger partial charge is 0.393 e. The van der Waals surface area contributed by atoms with Crippen LogP contribution in [-0.4, -0.2) is 87.5 Å². The molecule has 0 unspecified atom stereocenters. The molecule has 3 aliphatic rings. The third-order valence-electron chi connectivity index (χ3n) is 7.96. The van der Waals surface area contributed by atoms with Gasteiger partial charge in [-0.3, -0.25) is 14.4 Å². The Hall–Kier alpha value is -2.70. The second-order valence-corrected chi connectivity index (χ2v) is 12.4. The van der Waals surface area contributed by atoms with Gasteiger partial charge in [0.25, 0.3) is 11.8 Å². The van der Waals surface area contributed by atoms with Crippen LogP contribution >= 0.6 is 35.3 Å². The molecule has 6 rings (SSSR count). The van der Waals surface area contributed by atoms with E-state index in [2.05, 4.69) is 25.5 Å². The van der Waals surface area contributed by atoms with Crippen LogP contribution < -0.4 is 10.6 Å². The SMILES string of the molecule is CN1CCc2nc(C(=O)N[C@@H]3CN(C(=O)C4CC(O)C4)CC[C@@H]3NC(=O)c3cc4cc(Cl)ccc4[nH]3)sc2C1.Cl. The first kappa shape index (κ1) is 28.8. The van der Waals surface area contributed by atoms with Crippen molar-refractivity contribution >= 4 is 64.0 Å². The van der Waals surface area contributed by atoms with E-state index in [1.807, 2.05) is 13.1 Å². The van der Waals surface area contributed by atoms with Gasteiger partial charge >= 0.3 is 0 Å². The van der Waals surface area contributed by atoms with Gasteiger partial charge in [0.15, 0.2) is 5.01 Å². The minimum Gasteiger partial charge on any atom is -0.393 e. The van der Waals surface area contributed by atoms with Gasteiger partial charge in [0.05, 0.1) is 23.9 Å². The number of carbonyl (C=O) groups excluding carboxylic acids is 3. The van der Waals surface area contributed by atoms with Crippen molar-refractivity contribution in [3.63, 3.8) is 0 Å². The predicted molar refractivity (Wildman–Crippen MR) is 155 cm³/mol. The molecule has 13 heteroatoms. The highest BCUT2D eigenvalue weighted by Gasteiger charge is 2.40. The maximum atomic E-state index is 13.3. The van der Waals surface area contributed by atoms with E-state index in [4.69, 9.17) is 11.6 Å². The summed E-state index contributed by atoms with van der Waals surface area (Å²) in [5.41, 5.74) is 2.17. The first-order valence-corrected chi connectivity index (χ1v) is 14.5. The normalized spacial score (nSPS) is 24.5. The number of aromatic nitrogens is 2. The smallest absolute Gasteiger partial charge is 0.280 e. The van der Waals surface area contributed by atoms with Crippen molar-refractivity contribution in [1.82, 2.24) is 30.4 Å². The van der Waals surface area contributed by atoms with Crippen LogP contribution in [0, 0.1) is 5.92 Å². The summed E-state index contributed by atoms with van der Waals surface area (Å²) in [5, 5.41) is 17.6. The molecule has 0 spiro atoms. The van der Waals surface area contributed by atoms with Crippen LogP contribution in [0.4, 0.5) is 0 Å². The number of nitrogens with one attached hydrogen (secondary N) is 3. The van der Waals surface area contributed by atoms with Gasteiger partial charge in [-0.2, -0.15) is 0 Å². The van der Waals surface area contributed by atoms with Crippen LogP contribution in [0.5, 0.6) is 0 Å². The van der Waals surface area contributed by atoms with Crippen LogP contribution in [0.1, 0.15) is 50.1 Å². The van der Waals surface area contributed by atoms with E-state index in [9.17, 15) is 19.5 Å². The van der Waals surface area contributed by atoms with E-state index in [-0.39, 0.29) is 48.6 Å². The van der Waals surface area contributed by atoms with E-state index in [1.54, 1.807) is 23.1 Å². The molecular weight excluding hydrogens is 575 g/mol. The molecule has 2 aliphatic heterocycles. The number of carbonyl (C=O) groups is 3. The van der Waals surface area contributed by atoms with Gasteiger partial charge in [0, 0.05) is 59.3 Å². The number of nitrogens with zero attached hydrogens (tertiary/aromatic N) is 3. The summed E-state index contributed by atoms with van der Waals surface area (Å²) in [6.45, 7) is 2.41. The van der Waals surface area contributed by atoms with Crippen molar-refractivity contribution < 1.29 is 19.5 Å². The van der Waals surface area contributed by atoms with E-state index in [0.29, 0.717) is 41.5 Å². The highest BCUT2D eigenvalue weighted by atomic mass is 35.5. The Balaban J connectivity index is 0.00000323. The molecule has 2 atom stereocenters. The number of likely N-dealkylation sites (N-methyl/N-ethyl adjacent to an activating group) is 1. The molecular formula is C27H32Cl2N6O4S. The number of fused-ring (bicyclic) bond motifs is 2. The fraction of sp³-hybridized carbons (Fsp3) is 0.481. The zero-order valence-corrected chi connectivity index (χ0v) is 24.4. The Morgan fingerprint density at radius 3 is 2.67 bits per heavy atom. The van der Waals surface area contributed by atoms with E-state index >= 15 is 0 Å². The van der Waals surface area contributed by atoms with Gasteiger partial charge in [-0.25, -0.2) is 4.98 Å². The molecule has 4 heterocycles. The summed E-state index contributed by atoms with van der Waals surface area (Å²) in [6.07, 6.45) is 1.81. The molecule has 4 N–H and O–H groups in total. The number of aliphatic hydroxyl groups is 1. The highest BCUT2D eigenvalue weighted by Crippen LogP contribution is 2.30. The van der Waals surface area contributed by atoms with Gasteiger partial charge in [-0.1, -0.05) is 11.6 Å². The Morgan fingerprint density at radius 1 is 1.12 bits per heavy atom. The van der Waals surface area contributed by atoms with E-state index in [1.165, 1.54) is 11.3 Å². The summed E-state index contributed by atoms with van der Waals surface area (Å²) < 4.78 is 0. The maximum Gasteiger partial charge on any atom is 0.280 e. The van der Waals surface area contributed by atoms with Crippen molar-refractivity contribution in [3.8, 4) is 0 Å². The Labute approximate surface area is 246 Å². The van der Waals surface area contributed by atoms with Gasteiger partial charge in [-0.15, -0.1) is 23.7 Å². The molecule has 0 radical (unpaired) electrons. The molecule has 40 heavy (non-hydrogen) atoms. The van der Waals surface area contributed by atoms with E-state index < -0.39 is 12.1 Å². The number of H-pyrrole nitrogens is 1. The number of amides is 3. The fourth-order valence-corrected chi connectivity index (χ4v) is 6.91. The molecule has 1 aliphatic carbocycles. The standard InChI is InChI=1S/C27H31ClN6O4S.ClH/c1-33-6-4-20-23(13-33)39-26(32-20)25(37)31-22-12-34(27(38)15-9-17(35)10-15)7-5-19(22)30-24(36)21-11-14-8-16(28)2-3-18(14)29-21;/h2-3,8,11,15,17,19,22,29,35H,4-7,9-10,12-13H2,1H3,(H,30,36)(H,31,37);1H/t15?,17?,19-,22+;/m0./s1. The molecule has 214 valence electrons. The van der Waals surface area contributed by atoms with Crippen molar-refractivity contribution in [2.45, 2.75) is 50.4 Å². The third-order valence-corrected chi connectivity index (χ3v) is 9.28. The van der Waals surface area contributed by atoms with Crippen molar-refractivity contribution in [1.29, 1.82) is 0 Å². The Bertz CT molecular complexity index is 1440. The number of benzene rings is 1. The molecule has 10 nitrogen and oxygen atoms in total. The van der Waals surface area contributed by atoms with Gasteiger partial charge < -0.3 is 30.5 Å². The lowest BCUT2D eigenvalue weighted by atomic mass is 9.81. The number of aromatic amines is 1. The number of hydrogen-bond donors (Lipinski definition) is 4. The molecule has 1 saturated carbocycles. The Kier molecular flexibility index (Phi) is 8.40. The first-order chi connectivity index (χ1) is 18.7. The van der Waals surface area contributed by atoms with Gasteiger partial charge in [0.2, 0.25) is 5.91 Å². The summed E-state index contributed by atoms with van der Waals surface area (Å²) >= 11 is 7.50. The molecule has 1 aromatic carbocycles. The second kappa shape index (κ2) is 11.7. The molecule has 0 bridgehead atoms. The van der Waals surface area contributed by atoms with Crippen LogP contribution in [0.25, 0.3) is 10.9 Å². The summed E-state index contributed by atoms with van der Waals surface area (Å²) in [5.74, 6) is -0.788. The zero-order chi connectivity index (χ0) is 27.3. The minimum absolute atomic E-state index is 0. The lowest BCUT2D eigenvalue weighted by Crippen LogP contribution is -2.62. The summed E-state index contributed by atoms with van der Waals surface area (Å²) in [6, 6.07) is 6.25. The average Bonchev–Trinajstić information content (AvgIpc) is 3.51. The van der Waals surface area contributed by atoms with Crippen molar-refractivity contribution in [3.05, 3.63) is 50.6 Å². The minimum atomic E-state index is -0.494. The van der Waals surface area contributed by atoms with Crippen LogP contribution in [0.15, 0.2) is 24.3 Å². The number of aliphatic hydroxyl groups excluding tert-OH is 1. The summed E-state index contributed by atoms with van der Waals surface area (Å²) in [4.78, 5) is 52.4. The molecule has 3 aromatic rings. The predicted octanol–water partition coefficient (Wildman–Crippen LogP) is 2.59. The van der Waals surface area contributed by atoms with E-state index in [0.717, 1.165) is 41.0 Å². The molecule has 3 amide bonds. The monoisotopic (exact) mass is 606 g/mol. The number of hydrogen-bond acceptors (Lipinski definition) is 7. The molecule has 2 aromatic heterocycles. The highest BCUT2D eigenvalue weighted by molar-refractivity contribution is 7.13. The Morgan fingerprint density at radius 2 is 1.90 bits per heavy atom. The van der Waals surface area contributed by atoms with Crippen LogP contribution in [0.3, 0.4) is 0 Å². The number of rotatable bonds is 5. The number of likely N-dealkylation sites (tertiary alicyclic amines) is 1. The van der Waals surface area contributed by atoms with Crippen LogP contribution in [-0.2, 0) is 17.8 Å². The zero-order valence-electron chi connectivity index (χ0n) is 22.0. The fourth-order valence-electron chi connectivity index (χ4n) is 5.64. The van der Waals surface area contributed by atoms with Crippen LogP contribution in [0.2, 0.25) is 5.02 Å².